The standard InChI is InChI=1S/C21H27N5O2S/c1-15(20(28)22-17-7-8-17)26-11-9-25(10-12-26)13-19(27)24-21-23-18(14-29-21)16-5-3-2-4-6-16/h2-6,14-15,17H,7-13H2,1H3,(H,22,28)(H,23,24,27). The summed E-state index contributed by atoms with van der Waals surface area (Å²) in [6, 6.07) is 10.2. The van der Waals surface area contributed by atoms with Gasteiger partial charge >= 0.3 is 0 Å². The van der Waals surface area contributed by atoms with Crippen LogP contribution in [-0.2, 0) is 9.59 Å². The van der Waals surface area contributed by atoms with E-state index in [1.54, 1.807) is 0 Å². The molecule has 1 aliphatic carbocycles. The topological polar surface area (TPSA) is 77.6 Å². The molecule has 29 heavy (non-hydrogen) atoms. The van der Waals surface area contributed by atoms with Crippen LogP contribution in [0.5, 0.6) is 0 Å². The summed E-state index contributed by atoms with van der Waals surface area (Å²) in [7, 11) is 0. The van der Waals surface area contributed by atoms with Gasteiger partial charge in [-0.3, -0.25) is 19.4 Å². The van der Waals surface area contributed by atoms with Gasteiger partial charge in [-0.25, -0.2) is 4.98 Å². The monoisotopic (exact) mass is 413 g/mol. The Bertz CT molecular complexity index is 844. The summed E-state index contributed by atoms with van der Waals surface area (Å²) in [5.74, 6) is 0.0728. The third kappa shape index (κ3) is 5.41. The highest BCUT2D eigenvalue weighted by atomic mass is 32.1. The van der Waals surface area contributed by atoms with Gasteiger partial charge in [0.1, 0.15) is 0 Å². The quantitative estimate of drug-likeness (QED) is 0.726. The van der Waals surface area contributed by atoms with Crippen molar-refractivity contribution in [1.82, 2.24) is 20.1 Å². The van der Waals surface area contributed by atoms with Gasteiger partial charge in [-0.05, 0) is 19.8 Å². The summed E-state index contributed by atoms with van der Waals surface area (Å²) in [6.07, 6.45) is 2.21. The van der Waals surface area contributed by atoms with E-state index in [4.69, 9.17) is 0 Å². The van der Waals surface area contributed by atoms with Gasteiger partial charge in [-0.15, -0.1) is 11.3 Å². The minimum Gasteiger partial charge on any atom is -0.352 e. The molecule has 1 unspecified atom stereocenters. The van der Waals surface area contributed by atoms with Crippen LogP contribution >= 0.6 is 11.3 Å². The zero-order valence-corrected chi connectivity index (χ0v) is 17.5. The minimum absolute atomic E-state index is 0.0491. The van der Waals surface area contributed by atoms with E-state index in [9.17, 15) is 9.59 Å². The molecule has 1 aliphatic heterocycles. The summed E-state index contributed by atoms with van der Waals surface area (Å²) in [5, 5.41) is 8.56. The summed E-state index contributed by atoms with van der Waals surface area (Å²) in [5.41, 5.74) is 1.91. The number of carbonyl (C=O) groups excluding carboxylic acids is 2. The Morgan fingerprint density at radius 1 is 1.17 bits per heavy atom. The number of thiazole rings is 1. The van der Waals surface area contributed by atoms with Crippen LogP contribution in [-0.4, -0.2) is 71.4 Å². The lowest BCUT2D eigenvalue weighted by Gasteiger charge is -2.37. The first kappa shape index (κ1) is 20.0. The zero-order chi connectivity index (χ0) is 20.2. The smallest absolute Gasteiger partial charge is 0.240 e. The third-order valence-corrected chi connectivity index (χ3v) is 6.20. The highest BCUT2D eigenvalue weighted by Crippen LogP contribution is 2.24. The fourth-order valence-corrected chi connectivity index (χ4v) is 4.19. The van der Waals surface area contributed by atoms with Gasteiger partial charge in [0.25, 0.3) is 0 Å². The van der Waals surface area contributed by atoms with Gasteiger partial charge in [-0.1, -0.05) is 30.3 Å². The molecule has 2 amide bonds. The summed E-state index contributed by atoms with van der Waals surface area (Å²) < 4.78 is 0. The largest absolute Gasteiger partial charge is 0.352 e. The molecule has 154 valence electrons. The Morgan fingerprint density at radius 3 is 2.59 bits per heavy atom. The molecule has 1 saturated heterocycles. The Kier molecular flexibility index (Phi) is 6.22. The number of rotatable bonds is 7. The number of nitrogens with zero attached hydrogens (tertiary/aromatic N) is 3. The molecule has 2 N–H and O–H groups in total. The zero-order valence-electron chi connectivity index (χ0n) is 16.6. The second kappa shape index (κ2) is 9.02. The molecule has 0 radical (unpaired) electrons. The Labute approximate surface area is 175 Å². The molecule has 2 aliphatic rings. The maximum absolute atomic E-state index is 12.4. The summed E-state index contributed by atoms with van der Waals surface area (Å²) in [6.45, 7) is 5.46. The number of hydrogen-bond donors (Lipinski definition) is 2. The molecular formula is C21H27N5O2S. The fraction of sp³-hybridized carbons (Fsp3) is 0.476. The second-order valence-electron chi connectivity index (χ2n) is 7.72. The minimum atomic E-state index is -0.113. The van der Waals surface area contributed by atoms with Crippen LogP contribution in [0.4, 0.5) is 5.13 Å². The lowest BCUT2D eigenvalue weighted by atomic mass is 10.2. The first-order chi connectivity index (χ1) is 14.1. The molecule has 1 aromatic heterocycles. The van der Waals surface area contributed by atoms with Gasteiger partial charge in [0, 0.05) is 43.2 Å². The predicted octanol–water partition coefficient (Wildman–Crippen LogP) is 2.03. The van der Waals surface area contributed by atoms with E-state index in [2.05, 4.69) is 25.4 Å². The van der Waals surface area contributed by atoms with Crippen molar-refractivity contribution in [3.63, 3.8) is 0 Å². The van der Waals surface area contributed by atoms with Crippen molar-refractivity contribution in [1.29, 1.82) is 0 Å². The van der Waals surface area contributed by atoms with Crippen molar-refractivity contribution in [3.05, 3.63) is 35.7 Å². The second-order valence-corrected chi connectivity index (χ2v) is 8.58. The van der Waals surface area contributed by atoms with Crippen LogP contribution in [0, 0.1) is 0 Å². The Balaban J connectivity index is 1.22. The van der Waals surface area contributed by atoms with Crippen LogP contribution < -0.4 is 10.6 Å². The first-order valence-corrected chi connectivity index (χ1v) is 11.0. The Morgan fingerprint density at radius 2 is 1.90 bits per heavy atom. The average Bonchev–Trinajstić information content (AvgIpc) is 3.43. The van der Waals surface area contributed by atoms with Crippen LogP contribution in [0.1, 0.15) is 19.8 Å². The fourth-order valence-electron chi connectivity index (χ4n) is 3.46. The number of hydrogen-bond acceptors (Lipinski definition) is 6. The van der Waals surface area contributed by atoms with E-state index < -0.39 is 0 Å². The molecule has 1 atom stereocenters. The van der Waals surface area contributed by atoms with Crippen LogP contribution in [0.25, 0.3) is 11.3 Å². The third-order valence-electron chi connectivity index (χ3n) is 5.45. The molecule has 0 spiro atoms. The first-order valence-electron chi connectivity index (χ1n) is 10.2. The van der Waals surface area contributed by atoms with Gasteiger partial charge in [-0.2, -0.15) is 0 Å². The van der Waals surface area contributed by atoms with Gasteiger partial charge < -0.3 is 10.6 Å². The summed E-state index contributed by atoms with van der Waals surface area (Å²) in [4.78, 5) is 33.5. The molecule has 7 nitrogen and oxygen atoms in total. The van der Waals surface area contributed by atoms with Crippen molar-refractivity contribution in [2.24, 2.45) is 0 Å². The molecule has 1 aromatic carbocycles. The van der Waals surface area contributed by atoms with Gasteiger partial charge in [0.15, 0.2) is 5.13 Å². The normalized spacial score (nSPS) is 18.9. The van der Waals surface area contributed by atoms with E-state index in [1.807, 2.05) is 42.6 Å². The number of nitrogens with one attached hydrogen (secondary N) is 2. The number of amides is 2. The summed E-state index contributed by atoms with van der Waals surface area (Å²) >= 11 is 1.44. The van der Waals surface area contributed by atoms with E-state index in [0.29, 0.717) is 17.7 Å². The molecule has 0 bridgehead atoms. The SMILES string of the molecule is CC(C(=O)NC1CC1)N1CCN(CC(=O)Nc2nc(-c3ccccc3)cs2)CC1. The van der Waals surface area contributed by atoms with E-state index in [-0.39, 0.29) is 17.9 Å². The molecule has 8 heteroatoms. The average molecular weight is 414 g/mol. The van der Waals surface area contributed by atoms with Crippen LogP contribution in [0.15, 0.2) is 35.7 Å². The number of aromatic nitrogens is 1. The highest BCUT2D eigenvalue weighted by molar-refractivity contribution is 7.14. The number of benzene rings is 1. The van der Waals surface area contributed by atoms with Crippen LogP contribution in [0.3, 0.4) is 0 Å². The van der Waals surface area contributed by atoms with Crippen molar-refractivity contribution >= 4 is 28.3 Å². The van der Waals surface area contributed by atoms with Gasteiger partial charge in [0.2, 0.25) is 11.8 Å². The Hall–Kier alpha value is -2.29. The van der Waals surface area contributed by atoms with Crippen molar-refractivity contribution < 1.29 is 9.59 Å². The number of carbonyl (C=O) groups is 2. The van der Waals surface area contributed by atoms with Crippen molar-refractivity contribution in [2.75, 3.05) is 38.0 Å². The van der Waals surface area contributed by atoms with E-state index in [0.717, 1.165) is 50.3 Å². The number of piperazine rings is 1. The van der Waals surface area contributed by atoms with E-state index >= 15 is 0 Å². The molecule has 2 heterocycles. The number of anilines is 1. The molecular weight excluding hydrogens is 386 g/mol. The van der Waals surface area contributed by atoms with Crippen molar-refractivity contribution in [3.8, 4) is 11.3 Å². The lowest BCUT2D eigenvalue weighted by molar-refractivity contribution is -0.127. The maximum Gasteiger partial charge on any atom is 0.240 e. The van der Waals surface area contributed by atoms with Gasteiger partial charge in [0.05, 0.1) is 18.3 Å². The maximum atomic E-state index is 12.4. The molecule has 2 aromatic rings. The predicted molar refractivity (Wildman–Crippen MR) is 115 cm³/mol. The van der Waals surface area contributed by atoms with Crippen molar-refractivity contribution in [2.45, 2.75) is 31.8 Å². The highest BCUT2D eigenvalue weighted by Gasteiger charge is 2.30. The van der Waals surface area contributed by atoms with Crippen LogP contribution in [0.2, 0.25) is 0 Å². The lowest BCUT2D eigenvalue weighted by Crippen LogP contribution is -2.55. The molecule has 2 fully saturated rings. The molecule has 1 saturated carbocycles. The van der Waals surface area contributed by atoms with E-state index in [1.165, 1.54) is 11.3 Å². The molecule has 4 rings (SSSR count).